The van der Waals surface area contributed by atoms with Crippen LogP contribution in [0, 0.1) is 11.3 Å². The van der Waals surface area contributed by atoms with Crippen LogP contribution in [-0.4, -0.2) is 20.2 Å². The summed E-state index contributed by atoms with van der Waals surface area (Å²) < 4.78 is 14.7. The van der Waals surface area contributed by atoms with Crippen LogP contribution in [0.3, 0.4) is 0 Å². The Kier molecular flexibility index (Phi) is 5.71. The van der Waals surface area contributed by atoms with Gasteiger partial charge < -0.3 is 14.2 Å². The zero-order valence-electron chi connectivity index (χ0n) is 10.5. The predicted octanol–water partition coefficient (Wildman–Crippen LogP) is 2.45. The van der Waals surface area contributed by atoms with Crippen molar-refractivity contribution in [1.82, 2.24) is 0 Å². The smallest absolute Gasteiger partial charge is 0.377 e. The molecule has 0 aliphatic heterocycles. The summed E-state index contributed by atoms with van der Waals surface area (Å²) in [7, 11) is 2.61. The average Bonchev–Trinajstić information content (AvgIpc) is 2.40. The third-order valence-electron chi connectivity index (χ3n) is 2.12. The molecule has 0 saturated heterocycles. The van der Waals surface area contributed by atoms with E-state index in [2.05, 4.69) is 4.74 Å². The van der Waals surface area contributed by atoms with Crippen molar-refractivity contribution in [1.29, 1.82) is 5.26 Å². The summed E-state index contributed by atoms with van der Waals surface area (Å²) in [5.41, 5.74) is 0.570. The number of carbonyl (C=O) groups excluding carboxylic acids is 1. The highest BCUT2D eigenvalue weighted by Crippen LogP contribution is 2.25. The largest absolute Gasteiger partial charge is 0.500 e. The standard InChI is InChI=1S/C13H12ClNO4/c1-17-8-12(13(16)18-2)19-11-4-3-10(14)7-9(11)5-6-15/h3-4,7-8H,5H2,1-2H3. The highest BCUT2D eigenvalue weighted by molar-refractivity contribution is 6.30. The van der Waals surface area contributed by atoms with Crippen molar-refractivity contribution in [2.24, 2.45) is 0 Å². The van der Waals surface area contributed by atoms with Gasteiger partial charge >= 0.3 is 5.97 Å². The van der Waals surface area contributed by atoms with Crippen LogP contribution in [0.1, 0.15) is 5.56 Å². The minimum atomic E-state index is -0.681. The Hall–Kier alpha value is -2.19. The first-order valence-corrected chi connectivity index (χ1v) is 5.64. The van der Waals surface area contributed by atoms with E-state index in [1.807, 2.05) is 6.07 Å². The Bertz CT molecular complexity index is 534. The highest BCUT2D eigenvalue weighted by atomic mass is 35.5. The Balaban J connectivity index is 3.06. The van der Waals surface area contributed by atoms with Crippen molar-refractivity contribution in [3.05, 3.63) is 40.8 Å². The molecule has 0 unspecified atom stereocenters. The number of ether oxygens (including phenoxy) is 3. The summed E-state index contributed by atoms with van der Waals surface area (Å²) in [4.78, 5) is 11.5. The molecule has 0 aromatic heterocycles. The molecular formula is C13H12ClNO4. The fraction of sp³-hybridized carbons (Fsp3) is 0.231. The average molecular weight is 282 g/mol. The van der Waals surface area contributed by atoms with Crippen LogP contribution in [0.15, 0.2) is 30.2 Å². The van der Waals surface area contributed by atoms with E-state index in [0.717, 1.165) is 6.26 Å². The van der Waals surface area contributed by atoms with Gasteiger partial charge in [0, 0.05) is 10.6 Å². The number of methoxy groups -OCH3 is 2. The Morgan fingerprint density at radius 2 is 2.21 bits per heavy atom. The molecule has 0 aliphatic rings. The van der Waals surface area contributed by atoms with E-state index < -0.39 is 5.97 Å². The van der Waals surface area contributed by atoms with Gasteiger partial charge in [0.05, 0.1) is 26.7 Å². The number of halogens is 1. The number of nitriles is 1. The second-order valence-corrected chi connectivity index (χ2v) is 3.83. The minimum absolute atomic E-state index is 0.108. The van der Waals surface area contributed by atoms with Crippen molar-refractivity contribution in [2.75, 3.05) is 14.2 Å². The van der Waals surface area contributed by atoms with Gasteiger partial charge in [-0.15, -0.1) is 0 Å². The van der Waals surface area contributed by atoms with Crippen LogP contribution in [0.5, 0.6) is 5.75 Å². The summed E-state index contributed by atoms with van der Waals surface area (Å²) in [6, 6.07) is 6.76. The Labute approximate surface area is 115 Å². The maximum atomic E-state index is 11.5. The second kappa shape index (κ2) is 7.29. The number of hydrogen-bond donors (Lipinski definition) is 0. The van der Waals surface area contributed by atoms with Gasteiger partial charge in [0.2, 0.25) is 5.76 Å². The van der Waals surface area contributed by atoms with Gasteiger partial charge in [-0.05, 0) is 18.2 Å². The molecule has 0 saturated carbocycles. The first kappa shape index (κ1) is 14.9. The van der Waals surface area contributed by atoms with Gasteiger partial charge in [0.1, 0.15) is 12.0 Å². The molecule has 1 aromatic carbocycles. The van der Waals surface area contributed by atoms with Gasteiger partial charge in [0.15, 0.2) is 0 Å². The van der Waals surface area contributed by atoms with Gasteiger partial charge in [-0.1, -0.05) is 11.6 Å². The molecule has 5 nitrogen and oxygen atoms in total. The number of hydrogen-bond acceptors (Lipinski definition) is 5. The van der Waals surface area contributed by atoms with Gasteiger partial charge in [-0.25, -0.2) is 4.79 Å². The van der Waals surface area contributed by atoms with Gasteiger partial charge in [0.25, 0.3) is 0 Å². The first-order valence-electron chi connectivity index (χ1n) is 5.27. The van der Waals surface area contributed by atoms with E-state index in [1.54, 1.807) is 18.2 Å². The van der Waals surface area contributed by atoms with Crippen LogP contribution < -0.4 is 4.74 Å². The lowest BCUT2D eigenvalue weighted by molar-refractivity contribution is -0.138. The van der Waals surface area contributed by atoms with E-state index in [9.17, 15) is 4.79 Å². The maximum absolute atomic E-state index is 11.5. The van der Waals surface area contributed by atoms with Gasteiger partial charge in [-0.3, -0.25) is 0 Å². The molecule has 1 rings (SSSR count). The molecule has 0 radical (unpaired) electrons. The number of esters is 1. The summed E-state index contributed by atoms with van der Waals surface area (Å²) in [5.74, 6) is -0.453. The Morgan fingerprint density at radius 3 is 2.79 bits per heavy atom. The Morgan fingerprint density at radius 1 is 1.47 bits per heavy atom. The molecule has 19 heavy (non-hydrogen) atoms. The third kappa shape index (κ3) is 4.19. The molecule has 100 valence electrons. The molecule has 1 aromatic rings. The summed E-state index contributed by atoms with van der Waals surface area (Å²) in [6.45, 7) is 0. The van der Waals surface area contributed by atoms with Crippen LogP contribution in [0.4, 0.5) is 0 Å². The fourth-order valence-electron chi connectivity index (χ4n) is 1.31. The summed E-state index contributed by atoms with van der Waals surface area (Å²) in [5, 5.41) is 9.23. The lowest BCUT2D eigenvalue weighted by atomic mass is 10.1. The van der Waals surface area contributed by atoms with Crippen LogP contribution >= 0.6 is 11.6 Å². The molecule has 6 heteroatoms. The second-order valence-electron chi connectivity index (χ2n) is 3.40. The fourth-order valence-corrected chi connectivity index (χ4v) is 1.51. The minimum Gasteiger partial charge on any atom is -0.500 e. The van der Waals surface area contributed by atoms with E-state index in [1.165, 1.54) is 14.2 Å². The lowest BCUT2D eigenvalue weighted by Crippen LogP contribution is -2.12. The van der Waals surface area contributed by atoms with E-state index in [4.69, 9.17) is 26.3 Å². The molecule has 0 heterocycles. The van der Waals surface area contributed by atoms with Crippen LogP contribution in [-0.2, 0) is 20.7 Å². The number of benzene rings is 1. The lowest BCUT2D eigenvalue weighted by Gasteiger charge is -2.11. The van der Waals surface area contributed by atoms with Crippen molar-refractivity contribution >= 4 is 17.6 Å². The first-order chi connectivity index (χ1) is 9.12. The predicted molar refractivity (Wildman–Crippen MR) is 68.5 cm³/mol. The molecule has 0 spiro atoms. The zero-order valence-corrected chi connectivity index (χ0v) is 11.2. The molecule has 0 N–H and O–H groups in total. The highest BCUT2D eigenvalue weighted by Gasteiger charge is 2.15. The SMILES string of the molecule is COC=C(Oc1ccc(Cl)cc1CC#N)C(=O)OC. The monoisotopic (exact) mass is 281 g/mol. The number of carbonyl (C=O) groups is 1. The third-order valence-corrected chi connectivity index (χ3v) is 2.36. The van der Waals surface area contributed by atoms with E-state index in [0.29, 0.717) is 16.3 Å². The molecule has 0 fully saturated rings. The molecular weight excluding hydrogens is 270 g/mol. The zero-order chi connectivity index (χ0) is 14.3. The summed E-state index contributed by atoms with van der Waals surface area (Å²) >= 11 is 5.84. The number of rotatable bonds is 5. The van der Waals surface area contributed by atoms with Crippen molar-refractivity contribution in [2.45, 2.75) is 6.42 Å². The van der Waals surface area contributed by atoms with Crippen LogP contribution in [0.2, 0.25) is 5.02 Å². The van der Waals surface area contributed by atoms with E-state index >= 15 is 0 Å². The quantitative estimate of drug-likeness (QED) is 0.471. The van der Waals surface area contributed by atoms with Crippen molar-refractivity contribution in [3.8, 4) is 11.8 Å². The molecule has 0 atom stereocenters. The number of nitrogens with zero attached hydrogens (tertiary/aromatic N) is 1. The van der Waals surface area contributed by atoms with Crippen molar-refractivity contribution < 1.29 is 19.0 Å². The normalized spacial score (nSPS) is 10.5. The van der Waals surface area contributed by atoms with Gasteiger partial charge in [-0.2, -0.15) is 5.26 Å². The van der Waals surface area contributed by atoms with Crippen molar-refractivity contribution in [3.63, 3.8) is 0 Å². The molecule has 0 amide bonds. The molecule has 0 bridgehead atoms. The van der Waals surface area contributed by atoms with Crippen LogP contribution in [0.25, 0.3) is 0 Å². The van der Waals surface area contributed by atoms with E-state index in [-0.39, 0.29) is 12.2 Å². The summed E-state index contributed by atoms with van der Waals surface area (Å²) in [6.07, 6.45) is 1.23. The molecule has 0 aliphatic carbocycles. The topological polar surface area (TPSA) is 68.5 Å². The maximum Gasteiger partial charge on any atom is 0.377 e.